The Labute approximate surface area is 80.3 Å². The van der Waals surface area contributed by atoms with Crippen LogP contribution in [0.2, 0.25) is 0 Å². The van der Waals surface area contributed by atoms with Gasteiger partial charge in [0.1, 0.15) is 0 Å². The monoisotopic (exact) mass is 224 g/mol. The average Bonchev–Trinajstić information content (AvgIpc) is 2.08. The minimum atomic E-state index is 0.892. The maximum absolute atomic E-state index is 8.44. The van der Waals surface area contributed by atoms with Gasteiger partial charge in [0.15, 0.2) is 6.19 Å². The SMILES string of the molecule is CCc1cc(Br)ccc1NC#N. The molecule has 0 bridgehead atoms. The van der Waals surface area contributed by atoms with E-state index in [1.165, 1.54) is 0 Å². The van der Waals surface area contributed by atoms with Crippen LogP contribution in [0.15, 0.2) is 22.7 Å². The number of hydrogen-bond acceptors (Lipinski definition) is 2. The molecule has 0 saturated heterocycles. The smallest absolute Gasteiger partial charge is 0.181 e. The van der Waals surface area contributed by atoms with Crippen molar-refractivity contribution in [2.24, 2.45) is 0 Å². The number of anilines is 1. The van der Waals surface area contributed by atoms with E-state index >= 15 is 0 Å². The molecule has 0 aliphatic heterocycles. The van der Waals surface area contributed by atoms with Crippen LogP contribution in [0.1, 0.15) is 12.5 Å². The van der Waals surface area contributed by atoms with E-state index in [4.69, 9.17) is 5.26 Å². The van der Waals surface area contributed by atoms with E-state index in [9.17, 15) is 0 Å². The van der Waals surface area contributed by atoms with Crippen molar-refractivity contribution in [2.75, 3.05) is 5.32 Å². The summed E-state index contributed by atoms with van der Waals surface area (Å²) in [6, 6.07) is 5.82. The van der Waals surface area contributed by atoms with Crippen molar-refractivity contribution in [3.05, 3.63) is 28.2 Å². The summed E-state index contributed by atoms with van der Waals surface area (Å²) in [5.74, 6) is 0. The molecule has 0 fully saturated rings. The van der Waals surface area contributed by atoms with E-state index in [0.717, 1.165) is 22.1 Å². The number of halogens is 1. The van der Waals surface area contributed by atoms with Crippen molar-refractivity contribution in [1.29, 1.82) is 5.26 Å². The van der Waals surface area contributed by atoms with Crippen LogP contribution in [0.4, 0.5) is 5.69 Å². The molecule has 3 heteroatoms. The zero-order valence-corrected chi connectivity index (χ0v) is 8.35. The normalized spacial score (nSPS) is 9.08. The van der Waals surface area contributed by atoms with E-state index < -0.39 is 0 Å². The third-order valence-corrected chi connectivity index (χ3v) is 2.13. The maximum Gasteiger partial charge on any atom is 0.181 e. The molecule has 1 N–H and O–H groups in total. The lowest BCUT2D eigenvalue weighted by atomic mass is 10.1. The van der Waals surface area contributed by atoms with E-state index in [0.29, 0.717) is 0 Å². The van der Waals surface area contributed by atoms with Crippen LogP contribution in [0, 0.1) is 11.5 Å². The van der Waals surface area contributed by atoms with Gasteiger partial charge in [0.2, 0.25) is 0 Å². The van der Waals surface area contributed by atoms with Crippen LogP contribution >= 0.6 is 15.9 Å². The Bertz CT molecular complexity index is 315. The lowest BCUT2D eigenvalue weighted by Gasteiger charge is -2.04. The van der Waals surface area contributed by atoms with Crippen molar-refractivity contribution in [3.63, 3.8) is 0 Å². The molecule has 1 rings (SSSR count). The van der Waals surface area contributed by atoms with Gasteiger partial charge in [-0.15, -0.1) is 0 Å². The van der Waals surface area contributed by atoms with Crippen molar-refractivity contribution in [1.82, 2.24) is 0 Å². The highest BCUT2D eigenvalue weighted by Crippen LogP contribution is 2.20. The predicted octanol–water partition coefficient (Wildman–Crippen LogP) is 2.90. The van der Waals surface area contributed by atoms with Crippen molar-refractivity contribution < 1.29 is 0 Å². The molecule has 1 aromatic carbocycles. The molecule has 0 unspecified atom stereocenters. The third kappa shape index (κ3) is 1.99. The molecule has 0 aliphatic rings. The second-order valence-electron chi connectivity index (χ2n) is 2.39. The molecule has 0 aliphatic carbocycles. The van der Waals surface area contributed by atoms with E-state index in [1.807, 2.05) is 24.4 Å². The Morgan fingerprint density at radius 3 is 2.92 bits per heavy atom. The highest BCUT2D eigenvalue weighted by Gasteiger charge is 1.99. The van der Waals surface area contributed by atoms with Crippen LogP contribution in [0.3, 0.4) is 0 Å². The van der Waals surface area contributed by atoms with Crippen LogP contribution in [-0.4, -0.2) is 0 Å². The van der Waals surface area contributed by atoms with Gasteiger partial charge in [-0.25, -0.2) is 0 Å². The van der Waals surface area contributed by atoms with Gasteiger partial charge in [-0.3, -0.25) is 5.32 Å². The first-order valence-corrected chi connectivity index (χ1v) is 4.50. The molecule has 0 saturated carbocycles. The van der Waals surface area contributed by atoms with E-state index in [2.05, 4.69) is 28.2 Å². The summed E-state index contributed by atoms with van der Waals surface area (Å²) >= 11 is 3.38. The van der Waals surface area contributed by atoms with Crippen molar-refractivity contribution >= 4 is 21.6 Å². The summed E-state index contributed by atoms with van der Waals surface area (Å²) in [5.41, 5.74) is 2.04. The van der Waals surface area contributed by atoms with E-state index in [-0.39, 0.29) is 0 Å². The minimum absolute atomic E-state index is 0.892. The van der Waals surface area contributed by atoms with Crippen molar-refractivity contribution in [3.8, 4) is 6.19 Å². The predicted molar refractivity (Wildman–Crippen MR) is 52.8 cm³/mol. The number of hydrogen-bond donors (Lipinski definition) is 1. The second-order valence-corrected chi connectivity index (χ2v) is 3.31. The Morgan fingerprint density at radius 2 is 2.33 bits per heavy atom. The molecule has 62 valence electrons. The molecule has 0 heterocycles. The molecular formula is C9H9BrN2. The van der Waals surface area contributed by atoms with Gasteiger partial charge in [-0.2, -0.15) is 5.26 Å². The highest BCUT2D eigenvalue weighted by molar-refractivity contribution is 9.10. The number of nitriles is 1. The van der Waals surface area contributed by atoms with E-state index in [1.54, 1.807) is 0 Å². The van der Waals surface area contributed by atoms with Crippen LogP contribution in [0.25, 0.3) is 0 Å². The molecule has 0 atom stereocenters. The summed E-state index contributed by atoms with van der Waals surface area (Å²) in [6.45, 7) is 2.06. The van der Waals surface area contributed by atoms with Gasteiger partial charge in [0, 0.05) is 4.47 Å². The average molecular weight is 225 g/mol. The maximum atomic E-state index is 8.44. The molecule has 0 radical (unpaired) electrons. The fraction of sp³-hybridized carbons (Fsp3) is 0.222. The van der Waals surface area contributed by atoms with Gasteiger partial charge in [0.25, 0.3) is 0 Å². The molecule has 12 heavy (non-hydrogen) atoms. The number of nitrogens with one attached hydrogen (secondary N) is 1. The second kappa shape index (κ2) is 4.13. The first-order chi connectivity index (χ1) is 5.77. The van der Waals surface area contributed by atoms with Crippen LogP contribution in [-0.2, 0) is 6.42 Å². The Morgan fingerprint density at radius 1 is 1.58 bits per heavy atom. The number of benzene rings is 1. The quantitative estimate of drug-likeness (QED) is 0.620. The van der Waals surface area contributed by atoms with Gasteiger partial charge in [-0.05, 0) is 30.2 Å². The van der Waals surface area contributed by atoms with Gasteiger partial charge in [0.05, 0.1) is 5.69 Å². The zero-order valence-electron chi connectivity index (χ0n) is 6.76. The summed E-state index contributed by atoms with van der Waals surface area (Å²) in [6.07, 6.45) is 2.83. The van der Waals surface area contributed by atoms with Crippen molar-refractivity contribution in [2.45, 2.75) is 13.3 Å². The molecule has 2 nitrogen and oxygen atoms in total. The standard InChI is InChI=1S/C9H9BrN2/c1-2-7-5-8(10)3-4-9(7)12-6-11/h3-5,12H,2H2,1H3. The van der Waals surface area contributed by atoms with Crippen LogP contribution in [0.5, 0.6) is 0 Å². The summed E-state index contributed by atoms with van der Waals surface area (Å²) in [5, 5.41) is 11.1. The lowest BCUT2D eigenvalue weighted by Crippen LogP contribution is -1.93. The summed E-state index contributed by atoms with van der Waals surface area (Å²) < 4.78 is 1.04. The zero-order chi connectivity index (χ0) is 8.97. The van der Waals surface area contributed by atoms with Gasteiger partial charge < -0.3 is 0 Å². The Kier molecular flexibility index (Phi) is 3.12. The fourth-order valence-electron chi connectivity index (χ4n) is 1.04. The number of rotatable bonds is 2. The summed E-state index contributed by atoms with van der Waals surface area (Å²) in [4.78, 5) is 0. The molecule has 0 aromatic heterocycles. The Balaban J connectivity index is 3.04. The van der Waals surface area contributed by atoms with Crippen LogP contribution < -0.4 is 5.32 Å². The highest BCUT2D eigenvalue weighted by atomic mass is 79.9. The Hall–Kier alpha value is -1.01. The largest absolute Gasteiger partial charge is 0.293 e. The lowest BCUT2D eigenvalue weighted by molar-refractivity contribution is 1.14. The van der Waals surface area contributed by atoms with Gasteiger partial charge in [-0.1, -0.05) is 22.9 Å². The molecular weight excluding hydrogens is 216 g/mol. The fourth-order valence-corrected chi connectivity index (χ4v) is 1.45. The topological polar surface area (TPSA) is 35.8 Å². The first-order valence-electron chi connectivity index (χ1n) is 3.71. The minimum Gasteiger partial charge on any atom is -0.293 e. The molecule has 0 amide bonds. The van der Waals surface area contributed by atoms with Gasteiger partial charge >= 0.3 is 0 Å². The summed E-state index contributed by atoms with van der Waals surface area (Å²) in [7, 11) is 0. The number of nitrogens with zero attached hydrogens (tertiary/aromatic N) is 1. The number of aryl methyl sites for hydroxylation is 1. The molecule has 1 aromatic rings. The molecule has 0 spiro atoms. The third-order valence-electron chi connectivity index (χ3n) is 1.64. The first kappa shape index (κ1) is 9.08.